The van der Waals surface area contributed by atoms with Gasteiger partial charge in [0.05, 0.1) is 0 Å². The van der Waals surface area contributed by atoms with E-state index in [1.54, 1.807) is 0 Å². The van der Waals surface area contributed by atoms with E-state index in [-0.39, 0.29) is 0 Å². The lowest BCUT2D eigenvalue weighted by atomic mass is 9.81. The van der Waals surface area contributed by atoms with Gasteiger partial charge in [-0.2, -0.15) is 0 Å². The molecular formula is C14H25NO. The van der Waals surface area contributed by atoms with Crippen molar-refractivity contribution in [3.63, 3.8) is 0 Å². The minimum atomic E-state index is 0.366. The van der Waals surface area contributed by atoms with Crippen LogP contribution in [0, 0.1) is 5.92 Å². The topological polar surface area (TPSA) is 20.3 Å². The summed E-state index contributed by atoms with van der Waals surface area (Å²) in [6, 6.07) is 1.23. The van der Waals surface area contributed by atoms with Gasteiger partial charge in [-0.05, 0) is 45.6 Å². The molecule has 0 spiro atoms. The lowest BCUT2D eigenvalue weighted by Crippen LogP contribution is -2.44. The fraction of sp³-hybridized carbons (Fsp3) is 0.929. The summed E-state index contributed by atoms with van der Waals surface area (Å²) < 4.78 is 0. The Morgan fingerprint density at radius 3 is 2.81 bits per heavy atom. The van der Waals surface area contributed by atoms with Gasteiger partial charge in [-0.15, -0.1) is 0 Å². The summed E-state index contributed by atoms with van der Waals surface area (Å²) in [7, 11) is 0. The molecule has 0 radical (unpaired) electrons. The summed E-state index contributed by atoms with van der Waals surface area (Å²) in [6.45, 7) is 5.78. The summed E-state index contributed by atoms with van der Waals surface area (Å²) >= 11 is 0. The fourth-order valence-electron chi connectivity index (χ4n) is 3.45. The zero-order chi connectivity index (χ0) is 11.5. The Morgan fingerprint density at radius 2 is 2.12 bits per heavy atom. The zero-order valence-electron chi connectivity index (χ0n) is 10.7. The first-order valence-electron chi connectivity index (χ1n) is 7.02. The van der Waals surface area contributed by atoms with Crippen LogP contribution < -0.4 is 0 Å². The lowest BCUT2D eigenvalue weighted by molar-refractivity contribution is -0.126. The van der Waals surface area contributed by atoms with Gasteiger partial charge in [0.1, 0.15) is 5.78 Å². The molecular weight excluding hydrogens is 198 g/mol. The quantitative estimate of drug-likeness (QED) is 0.733. The Morgan fingerprint density at radius 1 is 1.31 bits per heavy atom. The lowest BCUT2D eigenvalue weighted by Gasteiger charge is -2.36. The molecule has 92 valence electrons. The molecule has 2 fully saturated rings. The van der Waals surface area contributed by atoms with Crippen molar-refractivity contribution < 1.29 is 4.79 Å². The normalized spacial score (nSPS) is 34.2. The van der Waals surface area contributed by atoms with Gasteiger partial charge in [0, 0.05) is 24.4 Å². The maximum atomic E-state index is 12.0. The van der Waals surface area contributed by atoms with Crippen molar-refractivity contribution in [1.29, 1.82) is 0 Å². The van der Waals surface area contributed by atoms with Crippen molar-refractivity contribution in [3.8, 4) is 0 Å². The molecule has 1 saturated heterocycles. The highest BCUT2D eigenvalue weighted by atomic mass is 16.1. The fourth-order valence-corrected chi connectivity index (χ4v) is 3.45. The molecule has 2 aliphatic rings. The number of nitrogens with zero attached hydrogens (tertiary/aromatic N) is 1. The maximum Gasteiger partial charge on any atom is 0.137 e. The standard InChI is InChI=1S/C14H25NO/c1-3-11(2)15-10-6-8-13(15)12-7-4-5-9-14(12)16/h11-13H,3-10H2,1-2H3. The first-order valence-corrected chi connectivity index (χ1v) is 7.02. The van der Waals surface area contributed by atoms with Gasteiger partial charge >= 0.3 is 0 Å². The molecule has 3 unspecified atom stereocenters. The average Bonchev–Trinajstić information content (AvgIpc) is 2.77. The Labute approximate surface area is 99.4 Å². The first-order chi connectivity index (χ1) is 7.74. The number of carbonyl (C=O) groups excluding carboxylic acids is 1. The van der Waals surface area contributed by atoms with Crippen molar-refractivity contribution in [1.82, 2.24) is 4.90 Å². The minimum absolute atomic E-state index is 0.366. The van der Waals surface area contributed by atoms with Crippen LogP contribution in [0.5, 0.6) is 0 Å². The number of ketones is 1. The second-order valence-electron chi connectivity index (χ2n) is 5.52. The zero-order valence-corrected chi connectivity index (χ0v) is 10.7. The van der Waals surface area contributed by atoms with E-state index in [0.29, 0.717) is 23.8 Å². The summed E-state index contributed by atoms with van der Waals surface area (Å²) in [5, 5.41) is 0. The van der Waals surface area contributed by atoms with Crippen LogP contribution in [0.4, 0.5) is 0 Å². The first kappa shape index (κ1) is 12.1. The van der Waals surface area contributed by atoms with E-state index in [1.807, 2.05) is 0 Å². The second-order valence-corrected chi connectivity index (χ2v) is 5.52. The third-order valence-electron chi connectivity index (χ3n) is 4.57. The van der Waals surface area contributed by atoms with Gasteiger partial charge in [0.25, 0.3) is 0 Å². The molecule has 0 bridgehead atoms. The van der Waals surface area contributed by atoms with Crippen LogP contribution in [0.2, 0.25) is 0 Å². The molecule has 1 heterocycles. The molecule has 0 aromatic carbocycles. The second kappa shape index (κ2) is 5.31. The summed E-state index contributed by atoms with van der Waals surface area (Å²) in [6.07, 6.45) is 8.13. The van der Waals surface area contributed by atoms with Crippen LogP contribution in [0.3, 0.4) is 0 Å². The van der Waals surface area contributed by atoms with E-state index in [1.165, 1.54) is 32.2 Å². The van der Waals surface area contributed by atoms with Gasteiger partial charge in [0.15, 0.2) is 0 Å². The Kier molecular flexibility index (Phi) is 4.01. The van der Waals surface area contributed by atoms with E-state index in [4.69, 9.17) is 0 Å². The van der Waals surface area contributed by atoms with Crippen molar-refractivity contribution in [2.24, 2.45) is 5.92 Å². The molecule has 0 aromatic rings. The molecule has 2 rings (SSSR count). The van der Waals surface area contributed by atoms with Gasteiger partial charge in [-0.1, -0.05) is 13.3 Å². The van der Waals surface area contributed by atoms with E-state index < -0.39 is 0 Å². The Hall–Kier alpha value is -0.370. The summed E-state index contributed by atoms with van der Waals surface area (Å²) in [4.78, 5) is 14.6. The van der Waals surface area contributed by atoms with Gasteiger partial charge in [0.2, 0.25) is 0 Å². The molecule has 2 nitrogen and oxygen atoms in total. The van der Waals surface area contributed by atoms with Crippen molar-refractivity contribution in [3.05, 3.63) is 0 Å². The van der Waals surface area contributed by atoms with E-state index >= 15 is 0 Å². The molecule has 0 amide bonds. The van der Waals surface area contributed by atoms with Crippen molar-refractivity contribution in [2.75, 3.05) is 6.54 Å². The van der Waals surface area contributed by atoms with Gasteiger partial charge < -0.3 is 0 Å². The molecule has 3 atom stereocenters. The largest absolute Gasteiger partial charge is 0.299 e. The Balaban J connectivity index is 2.03. The van der Waals surface area contributed by atoms with E-state index in [2.05, 4.69) is 18.7 Å². The molecule has 16 heavy (non-hydrogen) atoms. The number of hydrogen-bond acceptors (Lipinski definition) is 2. The molecule has 0 aromatic heterocycles. The van der Waals surface area contributed by atoms with Crippen molar-refractivity contribution >= 4 is 5.78 Å². The molecule has 1 aliphatic heterocycles. The minimum Gasteiger partial charge on any atom is -0.299 e. The highest BCUT2D eigenvalue weighted by molar-refractivity contribution is 5.82. The van der Waals surface area contributed by atoms with E-state index in [0.717, 1.165) is 19.3 Å². The smallest absolute Gasteiger partial charge is 0.137 e. The monoisotopic (exact) mass is 223 g/mol. The third kappa shape index (κ3) is 2.32. The van der Waals surface area contributed by atoms with Crippen LogP contribution >= 0.6 is 0 Å². The number of Topliss-reactive ketones (excluding diaryl/α,β-unsaturated/α-hetero) is 1. The van der Waals surface area contributed by atoms with Crippen LogP contribution in [0.1, 0.15) is 58.8 Å². The Bertz CT molecular complexity index is 251. The van der Waals surface area contributed by atoms with Crippen LogP contribution in [-0.4, -0.2) is 29.3 Å². The molecule has 1 aliphatic carbocycles. The number of likely N-dealkylation sites (tertiary alicyclic amines) is 1. The summed E-state index contributed by atoms with van der Waals surface area (Å²) in [5.41, 5.74) is 0. The van der Waals surface area contributed by atoms with Crippen LogP contribution in [0.15, 0.2) is 0 Å². The molecule has 2 heteroatoms. The highest BCUT2D eigenvalue weighted by Crippen LogP contribution is 2.33. The predicted molar refractivity (Wildman–Crippen MR) is 66.4 cm³/mol. The highest BCUT2D eigenvalue weighted by Gasteiger charge is 2.37. The third-order valence-corrected chi connectivity index (χ3v) is 4.57. The van der Waals surface area contributed by atoms with Crippen molar-refractivity contribution in [2.45, 2.75) is 70.9 Å². The van der Waals surface area contributed by atoms with E-state index in [9.17, 15) is 4.79 Å². The van der Waals surface area contributed by atoms with Gasteiger partial charge in [-0.3, -0.25) is 9.69 Å². The molecule has 0 N–H and O–H groups in total. The SMILES string of the molecule is CCC(C)N1CCCC1C1CCCCC1=O. The van der Waals surface area contributed by atoms with Gasteiger partial charge in [-0.25, -0.2) is 0 Å². The average molecular weight is 223 g/mol. The number of carbonyl (C=O) groups is 1. The number of hydrogen-bond donors (Lipinski definition) is 0. The number of rotatable bonds is 3. The molecule has 1 saturated carbocycles. The summed E-state index contributed by atoms with van der Waals surface area (Å²) in [5.74, 6) is 0.914. The van der Waals surface area contributed by atoms with Crippen LogP contribution in [-0.2, 0) is 4.79 Å². The predicted octanol–water partition coefficient (Wildman–Crippen LogP) is 3.01. The van der Waals surface area contributed by atoms with Crippen LogP contribution in [0.25, 0.3) is 0 Å². The maximum absolute atomic E-state index is 12.0.